The summed E-state index contributed by atoms with van der Waals surface area (Å²) in [5, 5.41) is 6.69. The molecule has 0 unspecified atom stereocenters. The molecule has 2 saturated carbocycles. The molecule has 1 saturated heterocycles. The second kappa shape index (κ2) is 7.95. The molecule has 1 heterocycles. The Labute approximate surface area is 139 Å². The van der Waals surface area contributed by atoms with Crippen LogP contribution in [0.4, 0.5) is 0 Å². The maximum Gasteiger partial charge on any atom is 0.217 e. The highest BCUT2D eigenvalue weighted by Crippen LogP contribution is 2.36. The molecule has 0 aromatic carbocycles. The van der Waals surface area contributed by atoms with Crippen LogP contribution in [0.3, 0.4) is 0 Å². The summed E-state index contributed by atoms with van der Waals surface area (Å²) in [5.41, 5.74) is 0. The molecular weight excluding hydrogens is 292 g/mol. The third-order valence-electron chi connectivity index (χ3n) is 5.55. The molecule has 1 amide bonds. The number of amides is 1. The van der Waals surface area contributed by atoms with Crippen LogP contribution in [-0.2, 0) is 14.3 Å². The van der Waals surface area contributed by atoms with Gasteiger partial charge in [0.05, 0.1) is 12.7 Å². The van der Waals surface area contributed by atoms with Crippen molar-refractivity contribution in [2.24, 2.45) is 0 Å². The fourth-order valence-electron chi connectivity index (χ4n) is 4.27. The lowest BCUT2D eigenvalue weighted by molar-refractivity contribution is -0.175. The lowest BCUT2D eigenvalue weighted by Gasteiger charge is -2.30. The van der Waals surface area contributed by atoms with Crippen LogP contribution in [0, 0.1) is 0 Å². The number of rotatable bonds is 4. The third-order valence-corrected chi connectivity index (χ3v) is 5.55. The first-order valence-electron chi connectivity index (χ1n) is 9.47. The van der Waals surface area contributed by atoms with Crippen LogP contribution in [0.25, 0.3) is 0 Å². The quantitative estimate of drug-likeness (QED) is 0.834. The maximum atomic E-state index is 11.1. The van der Waals surface area contributed by atoms with E-state index in [0.717, 1.165) is 51.7 Å². The molecule has 1 aliphatic heterocycles. The fraction of sp³-hybridized carbons (Fsp3) is 0.944. The summed E-state index contributed by atoms with van der Waals surface area (Å²) in [4.78, 5) is 11.1. The number of hydrogen-bond donors (Lipinski definition) is 2. The van der Waals surface area contributed by atoms with E-state index in [0.29, 0.717) is 12.1 Å². The molecule has 0 bridgehead atoms. The van der Waals surface area contributed by atoms with Gasteiger partial charge < -0.3 is 20.1 Å². The van der Waals surface area contributed by atoms with Gasteiger partial charge in [-0.05, 0) is 38.5 Å². The average molecular weight is 324 g/mol. The van der Waals surface area contributed by atoms with Gasteiger partial charge in [0.1, 0.15) is 0 Å². The molecule has 5 heteroatoms. The van der Waals surface area contributed by atoms with Crippen LogP contribution in [0.15, 0.2) is 0 Å². The first kappa shape index (κ1) is 17.2. The van der Waals surface area contributed by atoms with Gasteiger partial charge in [0, 0.05) is 38.4 Å². The van der Waals surface area contributed by atoms with E-state index in [2.05, 4.69) is 10.6 Å². The van der Waals surface area contributed by atoms with Crippen molar-refractivity contribution >= 4 is 5.91 Å². The van der Waals surface area contributed by atoms with Gasteiger partial charge in [-0.3, -0.25) is 4.79 Å². The Morgan fingerprint density at radius 2 is 1.70 bits per heavy atom. The molecule has 0 aromatic rings. The van der Waals surface area contributed by atoms with Crippen molar-refractivity contribution in [3.05, 3.63) is 0 Å². The number of carbonyl (C=O) groups is 1. The predicted molar refractivity (Wildman–Crippen MR) is 89.1 cm³/mol. The number of hydrogen-bond acceptors (Lipinski definition) is 4. The summed E-state index contributed by atoms with van der Waals surface area (Å²) in [5.74, 6) is -0.182. The molecule has 2 N–H and O–H groups in total. The monoisotopic (exact) mass is 324 g/mol. The molecule has 3 aliphatic rings. The van der Waals surface area contributed by atoms with Gasteiger partial charge in [-0.1, -0.05) is 12.8 Å². The third kappa shape index (κ3) is 4.91. The first-order valence-corrected chi connectivity index (χ1v) is 9.47. The normalized spacial score (nSPS) is 34.2. The summed E-state index contributed by atoms with van der Waals surface area (Å²) < 4.78 is 12.4. The Bertz CT molecular complexity index is 386. The van der Waals surface area contributed by atoms with Crippen molar-refractivity contribution in [2.45, 2.75) is 95.1 Å². The second-order valence-corrected chi connectivity index (χ2v) is 7.53. The van der Waals surface area contributed by atoms with Crippen molar-refractivity contribution in [3.8, 4) is 0 Å². The van der Waals surface area contributed by atoms with Gasteiger partial charge in [-0.15, -0.1) is 0 Å². The summed E-state index contributed by atoms with van der Waals surface area (Å²) in [6, 6.07) is 0.917. The largest absolute Gasteiger partial charge is 0.354 e. The van der Waals surface area contributed by atoms with Crippen LogP contribution >= 0.6 is 0 Å². The van der Waals surface area contributed by atoms with E-state index in [1.54, 1.807) is 6.92 Å². The second-order valence-electron chi connectivity index (χ2n) is 7.53. The molecule has 3 fully saturated rings. The summed E-state index contributed by atoms with van der Waals surface area (Å²) in [6.07, 6.45) is 11.8. The Balaban J connectivity index is 1.36. The topological polar surface area (TPSA) is 59.6 Å². The molecule has 1 spiro atoms. The zero-order valence-electron chi connectivity index (χ0n) is 14.4. The lowest BCUT2D eigenvalue weighted by Crippen LogP contribution is -2.44. The molecule has 132 valence electrons. The van der Waals surface area contributed by atoms with Crippen LogP contribution in [0.5, 0.6) is 0 Å². The fourth-order valence-corrected chi connectivity index (χ4v) is 4.27. The zero-order valence-corrected chi connectivity index (χ0v) is 14.4. The molecule has 5 nitrogen and oxygen atoms in total. The van der Waals surface area contributed by atoms with Crippen molar-refractivity contribution in [1.29, 1.82) is 0 Å². The Morgan fingerprint density at radius 3 is 2.35 bits per heavy atom. The van der Waals surface area contributed by atoms with Crippen molar-refractivity contribution in [3.63, 3.8) is 0 Å². The number of carbonyl (C=O) groups excluding carboxylic acids is 1. The van der Waals surface area contributed by atoms with Gasteiger partial charge in [-0.25, -0.2) is 0 Å². The standard InChI is InChI=1S/C18H32N2O3/c1-14(21)20-16-8-6-15(7-9-16)19-12-17-13-22-18(23-17)10-4-2-3-5-11-18/h15-17,19H,2-13H2,1H3,(H,20,21)/t15?,16?,17-/m0/s1. The molecule has 2 aliphatic carbocycles. The van der Waals surface area contributed by atoms with Gasteiger partial charge in [0.25, 0.3) is 0 Å². The van der Waals surface area contributed by atoms with Gasteiger partial charge in [0.2, 0.25) is 5.91 Å². The molecular formula is C18H32N2O3. The minimum atomic E-state index is -0.272. The minimum absolute atomic E-state index is 0.0895. The summed E-state index contributed by atoms with van der Waals surface area (Å²) in [6.45, 7) is 3.22. The lowest BCUT2D eigenvalue weighted by atomic mass is 9.91. The van der Waals surface area contributed by atoms with Crippen molar-refractivity contribution in [1.82, 2.24) is 10.6 Å². The van der Waals surface area contributed by atoms with Crippen molar-refractivity contribution in [2.75, 3.05) is 13.2 Å². The van der Waals surface area contributed by atoms with Crippen LogP contribution < -0.4 is 10.6 Å². The van der Waals surface area contributed by atoms with E-state index < -0.39 is 0 Å². The Kier molecular flexibility index (Phi) is 5.94. The highest BCUT2D eigenvalue weighted by Gasteiger charge is 2.41. The van der Waals surface area contributed by atoms with Crippen LogP contribution in [0.2, 0.25) is 0 Å². The highest BCUT2D eigenvalue weighted by atomic mass is 16.7. The summed E-state index contributed by atoms with van der Waals surface area (Å²) in [7, 11) is 0. The van der Waals surface area contributed by atoms with E-state index in [4.69, 9.17) is 9.47 Å². The summed E-state index contributed by atoms with van der Waals surface area (Å²) >= 11 is 0. The number of nitrogens with one attached hydrogen (secondary N) is 2. The predicted octanol–water partition coefficient (Wildman–Crippen LogP) is 2.49. The smallest absolute Gasteiger partial charge is 0.217 e. The molecule has 0 radical (unpaired) electrons. The average Bonchev–Trinajstić information content (AvgIpc) is 2.78. The number of ether oxygens (including phenoxy) is 2. The van der Waals surface area contributed by atoms with Gasteiger partial charge in [0.15, 0.2) is 5.79 Å². The Hall–Kier alpha value is -0.650. The van der Waals surface area contributed by atoms with E-state index in [1.807, 2.05) is 0 Å². The maximum absolute atomic E-state index is 11.1. The van der Waals surface area contributed by atoms with E-state index in [9.17, 15) is 4.79 Å². The minimum Gasteiger partial charge on any atom is -0.354 e. The molecule has 1 atom stereocenters. The highest BCUT2D eigenvalue weighted by molar-refractivity contribution is 5.73. The van der Waals surface area contributed by atoms with Crippen LogP contribution in [0.1, 0.15) is 71.1 Å². The first-order chi connectivity index (χ1) is 11.2. The van der Waals surface area contributed by atoms with Crippen molar-refractivity contribution < 1.29 is 14.3 Å². The van der Waals surface area contributed by atoms with E-state index >= 15 is 0 Å². The molecule has 23 heavy (non-hydrogen) atoms. The molecule has 3 rings (SSSR count). The van der Waals surface area contributed by atoms with E-state index in [-0.39, 0.29) is 17.8 Å². The van der Waals surface area contributed by atoms with E-state index in [1.165, 1.54) is 25.7 Å². The molecule has 0 aromatic heterocycles. The Morgan fingerprint density at radius 1 is 1.04 bits per heavy atom. The van der Waals surface area contributed by atoms with Crippen LogP contribution in [-0.4, -0.2) is 43.0 Å². The SMILES string of the molecule is CC(=O)NC1CCC(NC[C@H]2COC3(CCCCCC3)O2)CC1. The zero-order chi connectivity index (χ0) is 16.1. The van der Waals surface area contributed by atoms with Gasteiger partial charge in [-0.2, -0.15) is 0 Å². The van der Waals surface area contributed by atoms with Gasteiger partial charge >= 0.3 is 0 Å².